The first-order valence-corrected chi connectivity index (χ1v) is 6.25. The molecular weight excluding hydrogens is 182 g/mol. The Morgan fingerprint density at radius 1 is 1.27 bits per heavy atom. The number of nitrogens with one attached hydrogen (secondary N) is 1. The summed E-state index contributed by atoms with van der Waals surface area (Å²) in [5.41, 5.74) is 4.40. The van der Waals surface area contributed by atoms with E-state index in [0.29, 0.717) is 0 Å². The van der Waals surface area contributed by atoms with Gasteiger partial charge in [-0.15, -0.1) is 0 Å². The fourth-order valence-corrected chi connectivity index (χ4v) is 2.65. The molecule has 2 aliphatic rings. The molecule has 1 atom stereocenters. The van der Waals surface area contributed by atoms with Crippen molar-refractivity contribution in [3.63, 3.8) is 0 Å². The van der Waals surface area contributed by atoms with E-state index in [9.17, 15) is 0 Å². The maximum atomic E-state index is 3.71. The first kappa shape index (κ1) is 9.26. The minimum Gasteiger partial charge on any atom is -0.382 e. The average Bonchev–Trinajstić information content (AvgIpc) is 3.11. The van der Waals surface area contributed by atoms with E-state index >= 15 is 0 Å². The standard InChI is InChI=1S/C14H19N/c1-2-10-3-7-14-12(9-10)6-8-13(15-14)11-4-5-11/h3,7,9,11,13,15H,2,4-6,8H2,1H3. The van der Waals surface area contributed by atoms with Crippen LogP contribution in [0.4, 0.5) is 5.69 Å². The molecule has 80 valence electrons. The van der Waals surface area contributed by atoms with Gasteiger partial charge < -0.3 is 5.32 Å². The normalized spacial score (nSPS) is 24.5. The molecule has 15 heavy (non-hydrogen) atoms. The molecule has 0 bridgehead atoms. The van der Waals surface area contributed by atoms with E-state index in [-0.39, 0.29) is 0 Å². The lowest BCUT2D eigenvalue weighted by molar-refractivity contribution is 0.569. The third-order valence-electron chi connectivity index (χ3n) is 3.83. The second kappa shape index (κ2) is 3.55. The van der Waals surface area contributed by atoms with Gasteiger partial charge in [-0.3, -0.25) is 0 Å². The van der Waals surface area contributed by atoms with Gasteiger partial charge in [0, 0.05) is 11.7 Å². The fourth-order valence-electron chi connectivity index (χ4n) is 2.65. The molecule has 1 aromatic rings. The lowest BCUT2D eigenvalue weighted by atomic mass is 9.94. The van der Waals surface area contributed by atoms with E-state index in [2.05, 4.69) is 30.4 Å². The highest BCUT2D eigenvalue weighted by Gasteiger charge is 2.33. The molecule has 1 heterocycles. The van der Waals surface area contributed by atoms with Crippen molar-refractivity contribution >= 4 is 5.69 Å². The van der Waals surface area contributed by atoms with Gasteiger partial charge >= 0.3 is 0 Å². The molecule has 0 amide bonds. The van der Waals surface area contributed by atoms with E-state index in [4.69, 9.17) is 0 Å². The largest absolute Gasteiger partial charge is 0.382 e. The Kier molecular flexibility index (Phi) is 2.19. The topological polar surface area (TPSA) is 12.0 Å². The Bertz CT molecular complexity index is 366. The van der Waals surface area contributed by atoms with Gasteiger partial charge in [-0.25, -0.2) is 0 Å². The lowest BCUT2D eigenvalue weighted by Gasteiger charge is -2.27. The Labute approximate surface area is 91.9 Å². The molecule has 1 aliphatic carbocycles. The molecule has 3 rings (SSSR count). The third-order valence-corrected chi connectivity index (χ3v) is 3.83. The van der Waals surface area contributed by atoms with Crippen LogP contribution in [-0.2, 0) is 12.8 Å². The van der Waals surface area contributed by atoms with Crippen LogP contribution >= 0.6 is 0 Å². The quantitative estimate of drug-likeness (QED) is 0.773. The molecule has 1 nitrogen and oxygen atoms in total. The summed E-state index contributed by atoms with van der Waals surface area (Å²) in [6, 6.07) is 7.69. The maximum absolute atomic E-state index is 3.71. The molecule has 0 spiro atoms. The Morgan fingerprint density at radius 2 is 2.13 bits per heavy atom. The molecule has 1 fully saturated rings. The highest BCUT2D eigenvalue weighted by Crippen LogP contribution is 2.39. The molecule has 1 aromatic carbocycles. The molecule has 0 radical (unpaired) electrons. The average molecular weight is 201 g/mol. The second-order valence-electron chi connectivity index (χ2n) is 4.97. The number of hydrogen-bond acceptors (Lipinski definition) is 1. The predicted molar refractivity (Wildman–Crippen MR) is 64.3 cm³/mol. The number of fused-ring (bicyclic) bond motifs is 1. The summed E-state index contributed by atoms with van der Waals surface area (Å²) in [6.07, 6.45) is 6.65. The van der Waals surface area contributed by atoms with Gasteiger partial charge in [0.25, 0.3) is 0 Å². The van der Waals surface area contributed by atoms with Crippen LogP contribution in [0.15, 0.2) is 18.2 Å². The van der Waals surface area contributed by atoms with Crippen LogP contribution in [0, 0.1) is 5.92 Å². The summed E-state index contributed by atoms with van der Waals surface area (Å²) in [6.45, 7) is 2.23. The van der Waals surface area contributed by atoms with Gasteiger partial charge in [-0.1, -0.05) is 19.1 Å². The molecule has 1 N–H and O–H groups in total. The van der Waals surface area contributed by atoms with E-state index in [1.807, 2.05) is 0 Å². The lowest BCUT2D eigenvalue weighted by Crippen LogP contribution is -2.27. The Morgan fingerprint density at radius 3 is 2.87 bits per heavy atom. The summed E-state index contributed by atoms with van der Waals surface area (Å²) < 4.78 is 0. The molecule has 0 aromatic heterocycles. The van der Waals surface area contributed by atoms with Crippen molar-refractivity contribution in [3.05, 3.63) is 29.3 Å². The highest BCUT2D eigenvalue weighted by molar-refractivity contribution is 5.55. The number of hydrogen-bond donors (Lipinski definition) is 1. The van der Waals surface area contributed by atoms with Crippen molar-refractivity contribution < 1.29 is 0 Å². The van der Waals surface area contributed by atoms with Gasteiger partial charge in [-0.05, 0) is 55.2 Å². The van der Waals surface area contributed by atoms with Crippen LogP contribution in [0.3, 0.4) is 0 Å². The molecule has 1 heteroatoms. The van der Waals surface area contributed by atoms with Crippen LogP contribution in [0.5, 0.6) is 0 Å². The number of rotatable bonds is 2. The van der Waals surface area contributed by atoms with Crippen molar-refractivity contribution in [2.75, 3.05) is 5.32 Å². The SMILES string of the molecule is CCc1ccc2c(c1)CCC(C1CC1)N2. The van der Waals surface area contributed by atoms with Crippen molar-refractivity contribution in [2.45, 2.75) is 45.1 Å². The summed E-state index contributed by atoms with van der Waals surface area (Å²) in [4.78, 5) is 0. The molecule has 1 unspecified atom stereocenters. The zero-order valence-corrected chi connectivity index (χ0v) is 9.42. The smallest absolute Gasteiger partial charge is 0.0375 e. The first-order chi connectivity index (χ1) is 7.36. The van der Waals surface area contributed by atoms with Gasteiger partial charge in [0.1, 0.15) is 0 Å². The van der Waals surface area contributed by atoms with Crippen molar-refractivity contribution in [3.8, 4) is 0 Å². The van der Waals surface area contributed by atoms with E-state index < -0.39 is 0 Å². The predicted octanol–water partition coefficient (Wildman–Crippen LogP) is 3.39. The Hall–Kier alpha value is -0.980. The summed E-state index contributed by atoms with van der Waals surface area (Å²) in [7, 11) is 0. The molecular formula is C14H19N. The van der Waals surface area contributed by atoms with Crippen LogP contribution in [0.25, 0.3) is 0 Å². The van der Waals surface area contributed by atoms with Gasteiger partial charge in [0.05, 0.1) is 0 Å². The number of anilines is 1. The van der Waals surface area contributed by atoms with Crippen molar-refractivity contribution in [1.82, 2.24) is 0 Å². The maximum Gasteiger partial charge on any atom is 0.0375 e. The zero-order valence-electron chi connectivity index (χ0n) is 9.42. The van der Waals surface area contributed by atoms with Gasteiger partial charge in [0.15, 0.2) is 0 Å². The monoisotopic (exact) mass is 201 g/mol. The minimum atomic E-state index is 0.768. The van der Waals surface area contributed by atoms with Gasteiger partial charge in [-0.2, -0.15) is 0 Å². The van der Waals surface area contributed by atoms with Crippen LogP contribution in [-0.4, -0.2) is 6.04 Å². The molecule has 0 saturated heterocycles. The number of aryl methyl sites for hydroxylation is 2. The fraction of sp³-hybridized carbons (Fsp3) is 0.571. The zero-order chi connectivity index (χ0) is 10.3. The third kappa shape index (κ3) is 1.75. The van der Waals surface area contributed by atoms with Crippen molar-refractivity contribution in [1.29, 1.82) is 0 Å². The highest BCUT2D eigenvalue weighted by atomic mass is 14.9. The molecule has 1 aliphatic heterocycles. The van der Waals surface area contributed by atoms with Crippen LogP contribution < -0.4 is 5.32 Å². The second-order valence-corrected chi connectivity index (χ2v) is 4.97. The first-order valence-electron chi connectivity index (χ1n) is 6.25. The summed E-state index contributed by atoms with van der Waals surface area (Å²) >= 11 is 0. The van der Waals surface area contributed by atoms with Gasteiger partial charge in [0.2, 0.25) is 0 Å². The summed E-state index contributed by atoms with van der Waals surface area (Å²) in [5, 5.41) is 3.71. The molecule has 1 saturated carbocycles. The summed E-state index contributed by atoms with van der Waals surface area (Å²) in [5.74, 6) is 0.976. The Balaban J connectivity index is 1.83. The van der Waals surface area contributed by atoms with E-state index in [1.165, 1.54) is 42.5 Å². The van der Waals surface area contributed by atoms with E-state index in [0.717, 1.165) is 18.4 Å². The van der Waals surface area contributed by atoms with Crippen LogP contribution in [0.2, 0.25) is 0 Å². The van der Waals surface area contributed by atoms with Crippen molar-refractivity contribution in [2.24, 2.45) is 5.92 Å². The van der Waals surface area contributed by atoms with Crippen LogP contribution in [0.1, 0.15) is 37.3 Å². The number of benzene rings is 1. The van der Waals surface area contributed by atoms with E-state index in [1.54, 1.807) is 0 Å². The minimum absolute atomic E-state index is 0.768.